The Morgan fingerprint density at radius 2 is 1.75 bits per heavy atom. The normalized spacial score (nSPS) is 16.9. The highest BCUT2D eigenvalue weighted by molar-refractivity contribution is 5.72. The second-order valence-electron chi connectivity index (χ2n) is 8.58. The van der Waals surface area contributed by atoms with Gasteiger partial charge in [-0.05, 0) is 81.8 Å². The molecule has 0 aliphatic carbocycles. The summed E-state index contributed by atoms with van der Waals surface area (Å²) in [6.07, 6.45) is 1.68. The van der Waals surface area contributed by atoms with Crippen molar-refractivity contribution in [3.05, 3.63) is 53.6 Å². The van der Waals surface area contributed by atoms with Gasteiger partial charge in [-0.25, -0.2) is 4.79 Å². The number of benzene rings is 2. The Balaban J connectivity index is 1.68. The highest BCUT2D eigenvalue weighted by Crippen LogP contribution is 2.31. The van der Waals surface area contributed by atoms with Crippen molar-refractivity contribution < 1.29 is 14.3 Å². The molecule has 3 rings (SSSR count). The predicted octanol–water partition coefficient (Wildman–Crippen LogP) is 5.75. The van der Waals surface area contributed by atoms with E-state index in [1.54, 1.807) is 0 Å². The Hall–Kier alpha value is -2.49. The zero-order valence-corrected chi connectivity index (χ0v) is 17.6. The molecule has 4 nitrogen and oxygen atoms in total. The third kappa shape index (κ3) is 4.86. The molecule has 4 heteroatoms. The molecule has 1 amide bonds. The number of amides is 1. The minimum Gasteiger partial charge on any atom is -0.491 e. The van der Waals surface area contributed by atoms with Crippen LogP contribution >= 0.6 is 0 Å². The van der Waals surface area contributed by atoms with Gasteiger partial charge in [-0.1, -0.05) is 30.3 Å². The molecule has 2 aromatic carbocycles. The number of ether oxygens (including phenoxy) is 2. The van der Waals surface area contributed by atoms with Crippen LogP contribution in [-0.2, 0) is 4.74 Å². The molecule has 0 radical (unpaired) electrons. The molecule has 1 fully saturated rings. The van der Waals surface area contributed by atoms with Gasteiger partial charge in [0.25, 0.3) is 0 Å². The van der Waals surface area contributed by atoms with Crippen molar-refractivity contribution in [1.29, 1.82) is 0 Å². The van der Waals surface area contributed by atoms with E-state index in [1.165, 1.54) is 22.3 Å². The lowest BCUT2D eigenvalue weighted by molar-refractivity contribution is 0.0187. The summed E-state index contributed by atoms with van der Waals surface area (Å²) >= 11 is 0. The lowest BCUT2D eigenvalue weighted by atomic mass is 9.95. The van der Waals surface area contributed by atoms with Crippen LogP contribution in [0.4, 0.5) is 4.79 Å². The molecule has 0 aromatic heterocycles. The van der Waals surface area contributed by atoms with E-state index in [0.29, 0.717) is 6.61 Å². The average molecular weight is 382 g/mol. The van der Waals surface area contributed by atoms with Gasteiger partial charge in [-0.2, -0.15) is 0 Å². The highest BCUT2D eigenvalue weighted by atomic mass is 16.6. The predicted molar refractivity (Wildman–Crippen MR) is 113 cm³/mol. The van der Waals surface area contributed by atoms with E-state index in [2.05, 4.69) is 50.2 Å². The summed E-state index contributed by atoms with van der Waals surface area (Å²) in [6.45, 7) is 11.1. The Bertz CT molecular complexity index is 800. The Morgan fingerprint density at radius 3 is 2.36 bits per heavy atom. The summed E-state index contributed by atoms with van der Waals surface area (Å²) in [5, 5.41) is 0. The van der Waals surface area contributed by atoms with Crippen molar-refractivity contribution >= 4 is 6.09 Å². The number of rotatable bonds is 4. The van der Waals surface area contributed by atoms with Crippen LogP contribution in [0, 0.1) is 13.8 Å². The third-order valence-electron chi connectivity index (χ3n) is 5.02. The summed E-state index contributed by atoms with van der Waals surface area (Å²) < 4.78 is 11.6. The minimum atomic E-state index is -0.480. The van der Waals surface area contributed by atoms with Crippen molar-refractivity contribution in [1.82, 2.24) is 4.90 Å². The largest absolute Gasteiger partial charge is 0.491 e. The van der Waals surface area contributed by atoms with Crippen LogP contribution in [0.1, 0.15) is 44.7 Å². The number of hydrogen-bond acceptors (Lipinski definition) is 3. The van der Waals surface area contributed by atoms with E-state index in [9.17, 15) is 4.79 Å². The number of carbonyl (C=O) groups is 1. The molecular weight excluding hydrogens is 350 g/mol. The van der Waals surface area contributed by atoms with Gasteiger partial charge in [0.05, 0.1) is 6.04 Å². The number of likely N-dealkylation sites (tertiary alicyclic amines) is 1. The standard InChI is InChI=1S/C24H31NO3/c1-17-14-21(15-18(2)22(17)19-10-7-6-8-11-19)27-16-20-12-9-13-25(20)23(26)28-24(3,4)5/h6-8,10-11,14-15,20H,9,12-13,16H2,1-5H3/t20-/m0/s1. The van der Waals surface area contributed by atoms with Gasteiger partial charge in [0.2, 0.25) is 0 Å². The van der Waals surface area contributed by atoms with Gasteiger partial charge in [0.15, 0.2) is 0 Å². The SMILES string of the molecule is Cc1cc(OC[C@@H]2CCCN2C(=O)OC(C)(C)C)cc(C)c1-c1ccccc1. The molecule has 1 heterocycles. The Kier molecular flexibility index (Phi) is 5.97. The average Bonchev–Trinajstić information content (AvgIpc) is 3.08. The maximum atomic E-state index is 12.4. The Labute approximate surface area is 168 Å². The molecule has 0 unspecified atom stereocenters. The topological polar surface area (TPSA) is 38.8 Å². The summed E-state index contributed by atoms with van der Waals surface area (Å²) in [6, 6.07) is 14.6. The van der Waals surface area contributed by atoms with Gasteiger partial charge in [0, 0.05) is 6.54 Å². The van der Waals surface area contributed by atoms with Crippen LogP contribution in [0.15, 0.2) is 42.5 Å². The van der Waals surface area contributed by atoms with E-state index < -0.39 is 5.60 Å². The van der Waals surface area contributed by atoms with Gasteiger partial charge in [-0.3, -0.25) is 0 Å². The third-order valence-corrected chi connectivity index (χ3v) is 5.02. The molecule has 0 saturated carbocycles. The summed E-state index contributed by atoms with van der Waals surface area (Å²) in [5.41, 5.74) is 4.38. The molecule has 28 heavy (non-hydrogen) atoms. The van der Waals surface area contributed by atoms with Crippen LogP contribution in [0.3, 0.4) is 0 Å². The van der Waals surface area contributed by atoms with Crippen LogP contribution in [0.25, 0.3) is 11.1 Å². The molecule has 2 aromatic rings. The minimum absolute atomic E-state index is 0.0595. The fourth-order valence-corrected chi connectivity index (χ4v) is 3.83. The van der Waals surface area contributed by atoms with Crippen molar-refractivity contribution in [3.8, 4) is 16.9 Å². The van der Waals surface area contributed by atoms with Gasteiger partial charge in [0.1, 0.15) is 18.0 Å². The quantitative estimate of drug-likeness (QED) is 0.677. The highest BCUT2D eigenvalue weighted by Gasteiger charge is 2.32. The lowest BCUT2D eigenvalue weighted by Gasteiger charge is -2.28. The van der Waals surface area contributed by atoms with Gasteiger partial charge < -0.3 is 14.4 Å². The van der Waals surface area contributed by atoms with Gasteiger partial charge in [-0.15, -0.1) is 0 Å². The van der Waals surface area contributed by atoms with Crippen molar-refractivity contribution in [3.63, 3.8) is 0 Å². The number of aryl methyl sites for hydroxylation is 2. The molecule has 150 valence electrons. The van der Waals surface area contributed by atoms with Crippen LogP contribution in [0.5, 0.6) is 5.75 Å². The first-order valence-electron chi connectivity index (χ1n) is 10.0. The zero-order chi connectivity index (χ0) is 20.3. The summed E-state index contributed by atoms with van der Waals surface area (Å²) in [7, 11) is 0. The molecule has 1 saturated heterocycles. The maximum absolute atomic E-state index is 12.4. The Morgan fingerprint density at radius 1 is 1.11 bits per heavy atom. The molecule has 0 spiro atoms. The molecule has 1 atom stereocenters. The first-order valence-corrected chi connectivity index (χ1v) is 10.0. The van der Waals surface area contributed by atoms with E-state index in [4.69, 9.17) is 9.47 Å². The molecule has 1 aliphatic rings. The number of nitrogens with zero attached hydrogens (tertiary/aromatic N) is 1. The fourth-order valence-electron chi connectivity index (χ4n) is 3.83. The van der Waals surface area contributed by atoms with Crippen LogP contribution < -0.4 is 4.74 Å². The molecular formula is C24H31NO3. The van der Waals surface area contributed by atoms with Crippen molar-refractivity contribution in [2.75, 3.05) is 13.2 Å². The van der Waals surface area contributed by atoms with E-state index in [-0.39, 0.29) is 12.1 Å². The van der Waals surface area contributed by atoms with Crippen molar-refractivity contribution in [2.24, 2.45) is 0 Å². The smallest absolute Gasteiger partial charge is 0.410 e. The van der Waals surface area contributed by atoms with Crippen LogP contribution in [0.2, 0.25) is 0 Å². The second kappa shape index (κ2) is 8.26. The molecule has 0 N–H and O–H groups in total. The molecule has 0 bridgehead atoms. The van der Waals surface area contributed by atoms with E-state index in [1.807, 2.05) is 31.7 Å². The lowest BCUT2D eigenvalue weighted by Crippen LogP contribution is -2.42. The maximum Gasteiger partial charge on any atom is 0.410 e. The van der Waals surface area contributed by atoms with Crippen molar-refractivity contribution in [2.45, 2.75) is 59.1 Å². The monoisotopic (exact) mass is 381 g/mol. The first kappa shape index (κ1) is 20.2. The van der Waals surface area contributed by atoms with E-state index in [0.717, 1.165) is 25.1 Å². The number of carbonyl (C=O) groups excluding carboxylic acids is 1. The van der Waals surface area contributed by atoms with Crippen LogP contribution in [-0.4, -0.2) is 35.8 Å². The fraction of sp³-hybridized carbons (Fsp3) is 0.458. The summed E-state index contributed by atoms with van der Waals surface area (Å²) in [4.78, 5) is 14.2. The second-order valence-corrected chi connectivity index (χ2v) is 8.58. The first-order chi connectivity index (χ1) is 13.2. The molecule has 1 aliphatic heterocycles. The van der Waals surface area contributed by atoms with E-state index >= 15 is 0 Å². The zero-order valence-electron chi connectivity index (χ0n) is 17.6. The van der Waals surface area contributed by atoms with Gasteiger partial charge >= 0.3 is 6.09 Å². The number of hydrogen-bond donors (Lipinski definition) is 0. The summed E-state index contributed by atoms with van der Waals surface area (Å²) in [5.74, 6) is 0.853.